The minimum absolute atomic E-state index is 0.282. The summed E-state index contributed by atoms with van der Waals surface area (Å²) in [5.74, 6) is 0.479. The monoisotopic (exact) mass is 421 g/mol. The third kappa shape index (κ3) is 3.54. The highest BCUT2D eigenvalue weighted by Crippen LogP contribution is 2.37. The van der Waals surface area contributed by atoms with Crippen LogP contribution in [0.15, 0.2) is 41.2 Å². The van der Waals surface area contributed by atoms with E-state index in [1.807, 2.05) is 0 Å². The van der Waals surface area contributed by atoms with Crippen LogP contribution in [0.2, 0.25) is 10.0 Å². The Kier molecular flexibility index (Phi) is 4.93. The van der Waals surface area contributed by atoms with Gasteiger partial charge in [0.25, 0.3) is 0 Å². The summed E-state index contributed by atoms with van der Waals surface area (Å²) in [5, 5.41) is 10.7. The van der Waals surface area contributed by atoms with Gasteiger partial charge >= 0.3 is 5.69 Å². The molecule has 1 aliphatic heterocycles. The van der Waals surface area contributed by atoms with Crippen molar-refractivity contribution in [1.29, 1.82) is 0 Å². The van der Waals surface area contributed by atoms with Crippen molar-refractivity contribution >= 4 is 34.8 Å². The van der Waals surface area contributed by atoms with Gasteiger partial charge in [-0.1, -0.05) is 35.3 Å². The van der Waals surface area contributed by atoms with Gasteiger partial charge in [0.1, 0.15) is 19.8 Å². The molecule has 0 atom stereocenters. The zero-order chi connectivity index (χ0) is 19.7. The number of benzene rings is 2. The van der Waals surface area contributed by atoms with Crippen molar-refractivity contribution in [3.05, 3.63) is 56.9 Å². The van der Waals surface area contributed by atoms with Crippen LogP contribution in [-0.4, -0.2) is 38.9 Å². The van der Waals surface area contributed by atoms with Crippen LogP contribution in [0.3, 0.4) is 0 Å². The zero-order valence-electron chi connectivity index (χ0n) is 14.3. The second-order valence-corrected chi connectivity index (χ2v) is 6.62. The second-order valence-electron chi connectivity index (χ2n) is 5.81. The number of aromatic nitrogens is 4. The second kappa shape index (κ2) is 7.53. The number of rotatable bonds is 4. The van der Waals surface area contributed by atoms with Crippen LogP contribution in [0.1, 0.15) is 0 Å². The quantitative estimate of drug-likeness (QED) is 0.692. The Balaban J connectivity index is 1.52. The van der Waals surface area contributed by atoms with E-state index in [0.717, 1.165) is 9.36 Å². The number of anilines is 1. The van der Waals surface area contributed by atoms with Crippen LogP contribution in [-0.2, 0) is 11.3 Å². The number of para-hydroxylation sites is 1. The number of carbonyl (C=O) groups is 1. The van der Waals surface area contributed by atoms with E-state index in [1.165, 1.54) is 0 Å². The van der Waals surface area contributed by atoms with Gasteiger partial charge < -0.3 is 14.8 Å². The summed E-state index contributed by atoms with van der Waals surface area (Å²) in [7, 11) is 0. The number of halogens is 2. The molecule has 2 heterocycles. The number of hydrogen-bond donors (Lipinski definition) is 1. The molecule has 0 saturated carbocycles. The van der Waals surface area contributed by atoms with Crippen molar-refractivity contribution < 1.29 is 14.3 Å². The average molecular weight is 422 g/mol. The van der Waals surface area contributed by atoms with Gasteiger partial charge in [0.2, 0.25) is 5.91 Å². The lowest BCUT2D eigenvalue weighted by Crippen LogP contribution is -2.30. The fourth-order valence-electron chi connectivity index (χ4n) is 2.63. The molecule has 0 radical (unpaired) electrons. The highest BCUT2D eigenvalue weighted by molar-refractivity contribution is 6.34. The van der Waals surface area contributed by atoms with E-state index >= 15 is 0 Å². The molecule has 9 nitrogen and oxygen atoms in total. The Hall–Kier alpha value is -3.04. The SMILES string of the molecule is O=C(Cn1nnn(-c2ccccc2Cl)c1=O)Nc1cc2c(cc1Cl)OCCO2. The van der Waals surface area contributed by atoms with Crippen molar-refractivity contribution in [2.75, 3.05) is 18.5 Å². The summed E-state index contributed by atoms with van der Waals surface area (Å²) >= 11 is 12.3. The van der Waals surface area contributed by atoms with Gasteiger partial charge in [-0.3, -0.25) is 4.79 Å². The molecule has 0 fully saturated rings. The third-order valence-corrected chi connectivity index (χ3v) is 4.55. The van der Waals surface area contributed by atoms with Gasteiger partial charge in [-0.15, -0.1) is 0 Å². The highest BCUT2D eigenvalue weighted by Gasteiger charge is 2.18. The predicted molar refractivity (Wildman–Crippen MR) is 102 cm³/mol. The first-order chi connectivity index (χ1) is 13.5. The summed E-state index contributed by atoms with van der Waals surface area (Å²) < 4.78 is 12.8. The van der Waals surface area contributed by atoms with E-state index in [-0.39, 0.29) is 11.6 Å². The third-order valence-electron chi connectivity index (χ3n) is 3.92. The van der Waals surface area contributed by atoms with Gasteiger partial charge in [0, 0.05) is 12.1 Å². The van der Waals surface area contributed by atoms with Crippen LogP contribution in [0.4, 0.5) is 5.69 Å². The maximum absolute atomic E-state index is 12.5. The Morgan fingerprint density at radius 2 is 1.79 bits per heavy atom. The summed E-state index contributed by atoms with van der Waals surface area (Å²) in [4.78, 5) is 24.8. The molecule has 1 aromatic heterocycles. The molecule has 1 aliphatic rings. The van der Waals surface area contributed by atoms with Crippen LogP contribution >= 0.6 is 23.2 Å². The van der Waals surface area contributed by atoms with Crippen LogP contribution in [0.5, 0.6) is 11.5 Å². The van der Waals surface area contributed by atoms with Crippen LogP contribution in [0.25, 0.3) is 5.69 Å². The smallest absolute Gasteiger partial charge is 0.369 e. The molecule has 28 heavy (non-hydrogen) atoms. The summed E-state index contributed by atoms with van der Waals surface area (Å²) in [5.41, 5.74) is 0.106. The number of nitrogens with one attached hydrogen (secondary N) is 1. The normalized spacial score (nSPS) is 12.6. The van der Waals surface area contributed by atoms with Crippen LogP contribution in [0, 0.1) is 0 Å². The molecule has 0 bridgehead atoms. The number of hydrogen-bond acceptors (Lipinski definition) is 6. The van der Waals surface area contributed by atoms with E-state index in [2.05, 4.69) is 15.7 Å². The van der Waals surface area contributed by atoms with Crippen molar-refractivity contribution in [1.82, 2.24) is 19.8 Å². The van der Waals surface area contributed by atoms with E-state index < -0.39 is 11.6 Å². The number of ether oxygens (including phenoxy) is 2. The molecule has 0 saturated heterocycles. The van der Waals surface area contributed by atoms with Crippen molar-refractivity contribution in [3.8, 4) is 17.2 Å². The fourth-order valence-corrected chi connectivity index (χ4v) is 3.05. The maximum Gasteiger partial charge on any atom is 0.369 e. The summed E-state index contributed by atoms with van der Waals surface area (Å²) in [6.07, 6.45) is 0. The fraction of sp³-hybridized carbons (Fsp3) is 0.176. The Bertz CT molecular complexity index is 1110. The van der Waals surface area contributed by atoms with E-state index in [0.29, 0.717) is 41.1 Å². The number of nitrogens with zero attached hydrogens (tertiary/aromatic N) is 4. The first kappa shape index (κ1) is 18.3. The lowest BCUT2D eigenvalue weighted by atomic mass is 10.2. The topological polar surface area (TPSA) is 100 Å². The predicted octanol–water partition coefficient (Wildman–Crippen LogP) is 2.15. The van der Waals surface area contributed by atoms with Gasteiger partial charge in [0.05, 0.1) is 21.4 Å². The molecule has 0 aliphatic carbocycles. The highest BCUT2D eigenvalue weighted by atomic mass is 35.5. The molecule has 3 aromatic rings. The summed E-state index contributed by atoms with van der Waals surface area (Å²) in [6.45, 7) is 0.482. The van der Waals surface area contributed by atoms with Crippen molar-refractivity contribution in [2.24, 2.45) is 0 Å². The van der Waals surface area contributed by atoms with Gasteiger partial charge in [0.15, 0.2) is 11.5 Å². The average Bonchev–Trinajstić information content (AvgIpc) is 3.03. The lowest BCUT2D eigenvalue weighted by Gasteiger charge is -2.19. The molecule has 1 N–H and O–H groups in total. The molecular formula is C17H13Cl2N5O4. The Morgan fingerprint density at radius 1 is 1.07 bits per heavy atom. The number of fused-ring (bicyclic) bond motifs is 1. The standard InChI is InChI=1S/C17H13Cl2N5O4/c18-10-3-1-2-4-13(10)24-17(26)23(21-22-24)9-16(25)20-12-8-15-14(7-11(12)19)27-5-6-28-15/h1-4,7-8H,5-6,9H2,(H,20,25). The van der Waals surface area contributed by atoms with Gasteiger partial charge in [-0.05, 0) is 22.6 Å². The van der Waals surface area contributed by atoms with Crippen molar-refractivity contribution in [2.45, 2.75) is 6.54 Å². The molecule has 0 unspecified atom stereocenters. The zero-order valence-corrected chi connectivity index (χ0v) is 15.8. The van der Waals surface area contributed by atoms with Crippen LogP contribution < -0.4 is 20.5 Å². The Morgan fingerprint density at radius 3 is 2.54 bits per heavy atom. The van der Waals surface area contributed by atoms with E-state index in [9.17, 15) is 9.59 Å². The first-order valence-electron chi connectivity index (χ1n) is 8.19. The van der Waals surface area contributed by atoms with Gasteiger partial charge in [-0.25, -0.2) is 4.79 Å². The first-order valence-corrected chi connectivity index (χ1v) is 8.95. The molecule has 4 rings (SSSR count). The molecule has 0 spiro atoms. The molecule has 2 aromatic carbocycles. The number of tetrazole rings is 1. The maximum atomic E-state index is 12.5. The minimum atomic E-state index is -0.600. The molecule has 144 valence electrons. The molecule has 1 amide bonds. The largest absolute Gasteiger partial charge is 0.486 e. The van der Waals surface area contributed by atoms with Crippen molar-refractivity contribution in [3.63, 3.8) is 0 Å². The summed E-state index contributed by atoms with van der Waals surface area (Å²) in [6, 6.07) is 9.81. The minimum Gasteiger partial charge on any atom is -0.486 e. The van der Waals surface area contributed by atoms with Gasteiger partial charge in [-0.2, -0.15) is 9.36 Å². The lowest BCUT2D eigenvalue weighted by molar-refractivity contribution is -0.117. The molecular weight excluding hydrogens is 409 g/mol. The number of carbonyl (C=O) groups excluding carboxylic acids is 1. The molecule has 11 heteroatoms. The van der Waals surface area contributed by atoms with E-state index in [4.69, 9.17) is 32.7 Å². The number of amides is 1. The Labute approximate surface area is 168 Å². The van der Waals surface area contributed by atoms with E-state index in [1.54, 1.807) is 36.4 Å².